The molecule has 3 N–H and O–H groups in total. The molecule has 5 heteroatoms. The van der Waals surface area contributed by atoms with E-state index in [1.54, 1.807) is 42.5 Å². The maximum Gasteiger partial charge on any atom is 0.163 e. The highest BCUT2D eigenvalue weighted by atomic mass is 16.3. The highest BCUT2D eigenvalue weighted by Crippen LogP contribution is 2.29. The minimum absolute atomic E-state index is 0.127. The number of pyridine rings is 1. The van der Waals surface area contributed by atoms with E-state index >= 15 is 0 Å². The number of aromatic hydroxyl groups is 3. The fourth-order valence-corrected chi connectivity index (χ4v) is 2.39. The number of phenols is 3. The summed E-state index contributed by atoms with van der Waals surface area (Å²) in [5, 5.41) is 29.8. The quantitative estimate of drug-likeness (QED) is 0.505. The van der Waals surface area contributed by atoms with Gasteiger partial charge >= 0.3 is 0 Å². The Balaban J connectivity index is 2.00. The van der Waals surface area contributed by atoms with Crippen molar-refractivity contribution in [3.63, 3.8) is 0 Å². The van der Waals surface area contributed by atoms with Crippen molar-refractivity contribution in [2.24, 2.45) is 0 Å². The zero-order valence-corrected chi connectivity index (χ0v) is 12.9. The normalized spacial score (nSPS) is 11.2. The Labute approximate surface area is 138 Å². The van der Waals surface area contributed by atoms with Crippen molar-refractivity contribution in [1.29, 1.82) is 0 Å². The number of carbonyl (C=O) groups is 1. The van der Waals surface area contributed by atoms with Crippen LogP contribution in [0.1, 0.15) is 28.5 Å². The monoisotopic (exact) mass is 321 g/mol. The maximum absolute atomic E-state index is 11.5. The summed E-state index contributed by atoms with van der Waals surface area (Å²) >= 11 is 0. The lowest BCUT2D eigenvalue weighted by molar-refractivity contribution is 0.101. The Kier molecular flexibility index (Phi) is 3.92. The first-order chi connectivity index (χ1) is 11.5. The van der Waals surface area contributed by atoms with Gasteiger partial charge in [0, 0.05) is 5.39 Å². The van der Waals surface area contributed by atoms with Gasteiger partial charge in [-0.05, 0) is 42.8 Å². The number of carbonyl (C=O) groups excluding carboxylic acids is 1. The second-order valence-corrected chi connectivity index (χ2v) is 5.41. The van der Waals surface area contributed by atoms with Gasteiger partial charge in [0.25, 0.3) is 0 Å². The molecule has 0 bridgehead atoms. The second kappa shape index (κ2) is 6.04. The lowest BCUT2D eigenvalue weighted by Gasteiger charge is -2.05. The average molecular weight is 321 g/mol. The summed E-state index contributed by atoms with van der Waals surface area (Å²) in [4.78, 5) is 15.9. The minimum Gasteiger partial charge on any atom is -0.505 e. The van der Waals surface area contributed by atoms with Gasteiger partial charge in [-0.2, -0.15) is 0 Å². The first-order valence-electron chi connectivity index (χ1n) is 7.29. The molecule has 3 rings (SSSR count). The van der Waals surface area contributed by atoms with Crippen molar-refractivity contribution in [3.05, 3.63) is 59.3 Å². The van der Waals surface area contributed by atoms with Crippen molar-refractivity contribution >= 4 is 28.8 Å². The molecule has 120 valence electrons. The van der Waals surface area contributed by atoms with Crippen LogP contribution in [0.15, 0.2) is 42.5 Å². The molecule has 3 aromatic rings. The summed E-state index contributed by atoms with van der Waals surface area (Å²) in [5.74, 6) is -0.737. The Hall–Kier alpha value is -3.34. The van der Waals surface area contributed by atoms with Crippen LogP contribution in [0.25, 0.3) is 23.1 Å². The van der Waals surface area contributed by atoms with E-state index < -0.39 is 0 Å². The Morgan fingerprint density at radius 3 is 2.42 bits per heavy atom. The Morgan fingerprint density at radius 2 is 1.71 bits per heavy atom. The van der Waals surface area contributed by atoms with Gasteiger partial charge < -0.3 is 15.3 Å². The molecule has 0 atom stereocenters. The molecule has 0 amide bonds. The van der Waals surface area contributed by atoms with Crippen LogP contribution in [0.3, 0.4) is 0 Å². The van der Waals surface area contributed by atoms with Gasteiger partial charge in [-0.15, -0.1) is 0 Å². The molecule has 2 aromatic carbocycles. The van der Waals surface area contributed by atoms with Crippen molar-refractivity contribution < 1.29 is 20.1 Å². The van der Waals surface area contributed by atoms with Gasteiger partial charge in [-0.25, -0.2) is 4.98 Å². The van der Waals surface area contributed by atoms with Gasteiger partial charge in [-0.1, -0.05) is 24.3 Å². The smallest absolute Gasteiger partial charge is 0.163 e. The molecule has 0 radical (unpaired) electrons. The van der Waals surface area contributed by atoms with E-state index in [9.17, 15) is 20.1 Å². The zero-order chi connectivity index (χ0) is 17.3. The average Bonchev–Trinajstić information content (AvgIpc) is 2.56. The molecule has 0 aliphatic heterocycles. The number of nitrogens with zero attached hydrogens (tertiary/aromatic N) is 1. The highest BCUT2D eigenvalue weighted by Gasteiger charge is 2.11. The molecular weight excluding hydrogens is 306 g/mol. The van der Waals surface area contributed by atoms with Crippen LogP contribution in [0.5, 0.6) is 17.2 Å². The molecule has 0 aliphatic rings. The van der Waals surface area contributed by atoms with Crippen LogP contribution >= 0.6 is 0 Å². The number of Topliss-reactive ketones (excluding diaryl/α,β-unsaturated/α-hetero) is 1. The topological polar surface area (TPSA) is 90.7 Å². The number of hydrogen-bond acceptors (Lipinski definition) is 5. The van der Waals surface area contributed by atoms with E-state index in [0.29, 0.717) is 16.8 Å². The number of phenolic OH excluding ortho intramolecular Hbond substituents is 3. The van der Waals surface area contributed by atoms with Gasteiger partial charge in [0.2, 0.25) is 0 Å². The lowest BCUT2D eigenvalue weighted by Crippen LogP contribution is -1.94. The molecule has 0 fully saturated rings. The minimum atomic E-state index is -0.225. The van der Waals surface area contributed by atoms with E-state index in [1.807, 2.05) is 0 Å². The third kappa shape index (κ3) is 2.92. The van der Waals surface area contributed by atoms with Crippen LogP contribution in [-0.4, -0.2) is 26.1 Å². The largest absolute Gasteiger partial charge is 0.505 e. The molecule has 5 nitrogen and oxygen atoms in total. The first-order valence-corrected chi connectivity index (χ1v) is 7.29. The van der Waals surface area contributed by atoms with Gasteiger partial charge in [0.1, 0.15) is 5.52 Å². The van der Waals surface area contributed by atoms with E-state index in [2.05, 4.69) is 4.98 Å². The molecule has 1 aromatic heterocycles. The standard InChI is InChI=1S/C19H15NO4/c1-11(21)15-8-5-13-4-7-14(20-18(13)19(15)24)6-2-12-3-9-16(22)17(23)10-12/h2-10,22-24H,1H3/b6-2+. The van der Waals surface area contributed by atoms with Crippen molar-refractivity contribution in [1.82, 2.24) is 4.98 Å². The summed E-state index contributed by atoms with van der Waals surface area (Å²) in [6, 6.07) is 11.4. The highest BCUT2D eigenvalue weighted by molar-refractivity contribution is 6.02. The summed E-state index contributed by atoms with van der Waals surface area (Å²) < 4.78 is 0. The predicted molar refractivity (Wildman–Crippen MR) is 92.1 cm³/mol. The number of aromatic nitrogens is 1. The van der Waals surface area contributed by atoms with Crippen LogP contribution in [-0.2, 0) is 0 Å². The summed E-state index contributed by atoms with van der Waals surface area (Å²) in [5.41, 5.74) is 1.87. The molecule has 0 saturated heterocycles. The first kappa shape index (κ1) is 15.6. The second-order valence-electron chi connectivity index (χ2n) is 5.41. The summed E-state index contributed by atoms with van der Waals surface area (Å²) in [6.07, 6.45) is 3.43. The third-order valence-electron chi connectivity index (χ3n) is 3.68. The predicted octanol–water partition coefficient (Wildman–Crippen LogP) is 3.72. The molecule has 0 saturated carbocycles. The number of fused-ring (bicyclic) bond motifs is 1. The molecular formula is C19H15NO4. The van der Waals surface area contributed by atoms with E-state index in [-0.39, 0.29) is 28.6 Å². The maximum atomic E-state index is 11.5. The fourth-order valence-electron chi connectivity index (χ4n) is 2.39. The van der Waals surface area contributed by atoms with Crippen LogP contribution in [0.2, 0.25) is 0 Å². The molecule has 0 spiro atoms. The van der Waals surface area contributed by atoms with Crippen LogP contribution in [0, 0.1) is 0 Å². The number of rotatable bonds is 3. The van der Waals surface area contributed by atoms with Crippen LogP contribution < -0.4 is 0 Å². The summed E-state index contributed by atoms with van der Waals surface area (Å²) in [7, 11) is 0. The molecule has 0 aliphatic carbocycles. The van der Waals surface area contributed by atoms with Crippen molar-refractivity contribution in [3.8, 4) is 17.2 Å². The fraction of sp³-hybridized carbons (Fsp3) is 0.0526. The molecule has 1 heterocycles. The van der Waals surface area contributed by atoms with E-state index in [1.165, 1.54) is 19.1 Å². The van der Waals surface area contributed by atoms with Gasteiger partial charge in [-0.3, -0.25) is 4.79 Å². The SMILES string of the molecule is CC(=O)c1ccc2ccc(/C=C/c3ccc(O)c(O)c3)nc2c1O. The zero-order valence-electron chi connectivity index (χ0n) is 12.9. The third-order valence-corrected chi connectivity index (χ3v) is 3.68. The molecule has 24 heavy (non-hydrogen) atoms. The van der Waals surface area contributed by atoms with Crippen molar-refractivity contribution in [2.75, 3.05) is 0 Å². The lowest BCUT2D eigenvalue weighted by atomic mass is 10.1. The van der Waals surface area contributed by atoms with E-state index in [4.69, 9.17) is 0 Å². The number of ketones is 1. The Morgan fingerprint density at radius 1 is 0.958 bits per heavy atom. The number of benzene rings is 2. The van der Waals surface area contributed by atoms with Crippen LogP contribution in [0.4, 0.5) is 0 Å². The van der Waals surface area contributed by atoms with Gasteiger partial charge in [0.15, 0.2) is 23.0 Å². The van der Waals surface area contributed by atoms with E-state index in [0.717, 1.165) is 5.39 Å². The number of hydrogen-bond donors (Lipinski definition) is 3. The van der Waals surface area contributed by atoms with Gasteiger partial charge in [0.05, 0.1) is 11.3 Å². The summed E-state index contributed by atoms with van der Waals surface area (Å²) in [6.45, 7) is 1.39. The molecule has 0 unspecified atom stereocenters. The Bertz CT molecular complexity index is 977. The van der Waals surface area contributed by atoms with Crippen molar-refractivity contribution in [2.45, 2.75) is 6.92 Å².